The zero-order chi connectivity index (χ0) is 17.1. The van der Waals surface area contributed by atoms with Crippen LogP contribution in [0.15, 0.2) is 42.5 Å². The smallest absolute Gasteiger partial charge is 0.261 e. The second-order valence-electron chi connectivity index (χ2n) is 5.76. The molecule has 0 saturated carbocycles. The van der Waals surface area contributed by atoms with Crippen molar-refractivity contribution in [1.29, 1.82) is 0 Å². The molecule has 1 aliphatic heterocycles. The molecule has 0 radical (unpaired) electrons. The van der Waals surface area contributed by atoms with E-state index in [0.29, 0.717) is 17.9 Å². The van der Waals surface area contributed by atoms with Crippen LogP contribution in [0.4, 0.5) is 0 Å². The largest absolute Gasteiger partial charge is 0.493 e. The first-order valence-electron chi connectivity index (χ1n) is 7.89. The average molecular weight is 327 g/mol. The van der Waals surface area contributed by atoms with Crippen LogP contribution < -0.4 is 19.5 Å². The summed E-state index contributed by atoms with van der Waals surface area (Å²) in [5.41, 5.74) is 2.01. The van der Waals surface area contributed by atoms with Crippen molar-refractivity contribution >= 4 is 5.91 Å². The van der Waals surface area contributed by atoms with E-state index in [-0.39, 0.29) is 11.9 Å². The van der Waals surface area contributed by atoms with Crippen LogP contribution in [-0.4, -0.2) is 26.2 Å². The highest BCUT2D eigenvalue weighted by atomic mass is 16.5. The Kier molecular flexibility index (Phi) is 4.60. The lowest BCUT2D eigenvalue weighted by molar-refractivity contribution is -0.127. The van der Waals surface area contributed by atoms with Gasteiger partial charge in [0.1, 0.15) is 5.75 Å². The van der Waals surface area contributed by atoms with Crippen LogP contribution in [0.2, 0.25) is 0 Å². The Hall–Kier alpha value is -2.69. The maximum atomic E-state index is 12.5. The second-order valence-corrected chi connectivity index (χ2v) is 5.76. The van der Waals surface area contributed by atoms with Crippen molar-refractivity contribution in [3.8, 4) is 17.2 Å². The van der Waals surface area contributed by atoms with Gasteiger partial charge in [-0.15, -0.1) is 0 Å². The highest BCUT2D eigenvalue weighted by molar-refractivity contribution is 5.83. The number of carbonyl (C=O) groups is 1. The fourth-order valence-corrected chi connectivity index (χ4v) is 2.84. The number of ether oxygens (including phenoxy) is 3. The average Bonchev–Trinajstić information content (AvgIpc) is 3.05. The summed E-state index contributed by atoms with van der Waals surface area (Å²) in [5.74, 6) is 1.97. The fourth-order valence-electron chi connectivity index (χ4n) is 2.84. The van der Waals surface area contributed by atoms with Gasteiger partial charge in [-0.1, -0.05) is 24.3 Å². The molecule has 0 saturated heterocycles. The molecule has 24 heavy (non-hydrogen) atoms. The summed E-state index contributed by atoms with van der Waals surface area (Å²) in [5, 5.41) is 3.00. The molecule has 5 nitrogen and oxygen atoms in total. The van der Waals surface area contributed by atoms with E-state index in [0.717, 1.165) is 16.9 Å². The molecule has 2 aromatic carbocycles. The molecule has 2 unspecified atom stereocenters. The summed E-state index contributed by atoms with van der Waals surface area (Å²) >= 11 is 0. The van der Waals surface area contributed by atoms with Crippen LogP contribution in [0, 0.1) is 0 Å². The number of hydrogen-bond donors (Lipinski definition) is 1. The molecule has 1 heterocycles. The molecule has 3 rings (SSSR count). The number of para-hydroxylation sites is 1. The molecule has 5 heteroatoms. The first kappa shape index (κ1) is 16.2. The number of nitrogens with one attached hydrogen (secondary N) is 1. The minimum Gasteiger partial charge on any atom is -0.493 e. The molecular formula is C19H21NO4. The van der Waals surface area contributed by atoms with Gasteiger partial charge in [0.05, 0.1) is 20.3 Å². The zero-order valence-corrected chi connectivity index (χ0v) is 14.0. The van der Waals surface area contributed by atoms with Crippen LogP contribution in [0.5, 0.6) is 17.2 Å². The Morgan fingerprint density at radius 3 is 2.62 bits per heavy atom. The van der Waals surface area contributed by atoms with Crippen LogP contribution in [0.1, 0.15) is 24.1 Å². The van der Waals surface area contributed by atoms with Crippen LogP contribution in [0.25, 0.3) is 0 Å². The number of hydrogen-bond acceptors (Lipinski definition) is 4. The SMILES string of the molecule is COc1ccc(C(C)NC(=O)C2Cc3ccccc3O2)cc1OC. The summed E-state index contributed by atoms with van der Waals surface area (Å²) < 4.78 is 16.3. The zero-order valence-electron chi connectivity index (χ0n) is 14.0. The van der Waals surface area contributed by atoms with E-state index in [2.05, 4.69) is 5.32 Å². The van der Waals surface area contributed by atoms with Crippen molar-refractivity contribution in [3.63, 3.8) is 0 Å². The normalized spacial score (nSPS) is 16.7. The minimum absolute atomic E-state index is 0.117. The van der Waals surface area contributed by atoms with Gasteiger partial charge < -0.3 is 19.5 Å². The Labute approximate surface area is 141 Å². The van der Waals surface area contributed by atoms with E-state index >= 15 is 0 Å². The molecule has 1 amide bonds. The van der Waals surface area contributed by atoms with Crippen LogP contribution in [-0.2, 0) is 11.2 Å². The summed E-state index contributed by atoms with van der Waals surface area (Å²) in [7, 11) is 3.19. The Morgan fingerprint density at radius 1 is 1.17 bits per heavy atom. The second kappa shape index (κ2) is 6.83. The Bertz CT molecular complexity index is 719. The quantitative estimate of drug-likeness (QED) is 0.917. The molecule has 0 bridgehead atoms. The summed E-state index contributed by atoms with van der Waals surface area (Å²) in [6.45, 7) is 1.93. The maximum absolute atomic E-state index is 12.5. The number of amides is 1. The van der Waals surface area contributed by atoms with E-state index < -0.39 is 6.10 Å². The Balaban J connectivity index is 1.67. The van der Waals surface area contributed by atoms with Crippen molar-refractivity contribution in [3.05, 3.63) is 53.6 Å². The lowest BCUT2D eigenvalue weighted by Gasteiger charge is -2.18. The number of benzene rings is 2. The number of methoxy groups -OCH3 is 2. The van der Waals surface area contributed by atoms with E-state index in [1.54, 1.807) is 14.2 Å². The minimum atomic E-state index is -0.481. The van der Waals surface area contributed by atoms with Crippen molar-refractivity contribution < 1.29 is 19.0 Å². The lowest BCUT2D eigenvalue weighted by Crippen LogP contribution is -2.38. The topological polar surface area (TPSA) is 56.8 Å². The molecule has 0 spiro atoms. The molecular weight excluding hydrogens is 306 g/mol. The lowest BCUT2D eigenvalue weighted by atomic mass is 10.1. The standard InChI is InChI=1S/C19H21NO4/c1-12(13-8-9-16(22-2)17(10-13)23-3)20-19(21)18-11-14-6-4-5-7-15(14)24-18/h4-10,12,18H,11H2,1-3H3,(H,20,21). The fraction of sp³-hybridized carbons (Fsp3) is 0.316. The highest BCUT2D eigenvalue weighted by Crippen LogP contribution is 2.31. The van der Waals surface area contributed by atoms with Crippen LogP contribution in [0.3, 0.4) is 0 Å². The summed E-state index contributed by atoms with van der Waals surface area (Å²) in [6, 6.07) is 13.2. The highest BCUT2D eigenvalue weighted by Gasteiger charge is 2.29. The predicted molar refractivity (Wildman–Crippen MR) is 90.7 cm³/mol. The maximum Gasteiger partial charge on any atom is 0.261 e. The third-order valence-corrected chi connectivity index (χ3v) is 4.21. The number of fused-ring (bicyclic) bond motifs is 1. The van der Waals surface area contributed by atoms with E-state index in [1.165, 1.54) is 0 Å². The third kappa shape index (κ3) is 3.15. The molecule has 0 aliphatic carbocycles. The summed E-state index contributed by atoms with van der Waals surface area (Å²) in [4.78, 5) is 12.5. The van der Waals surface area contributed by atoms with Gasteiger partial charge in [-0.25, -0.2) is 0 Å². The van der Waals surface area contributed by atoms with Gasteiger partial charge in [0, 0.05) is 6.42 Å². The predicted octanol–water partition coefficient (Wildman–Crippen LogP) is 2.88. The van der Waals surface area contributed by atoms with Crippen molar-refractivity contribution in [2.75, 3.05) is 14.2 Å². The van der Waals surface area contributed by atoms with Gasteiger partial charge >= 0.3 is 0 Å². The molecule has 2 aromatic rings. The number of carbonyl (C=O) groups excluding carboxylic acids is 1. The van der Waals surface area contributed by atoms with E-state index in [9.17, 15) is 4.79 Å². The number of rotatable bonds is 5. The first-order chi connectivity index (χ1) is 11.6. The molecule has 2 atom stereocenters. The molecule has 0 fully saturated rings. The van der Waals surface area contributed by atoms with Crippen molar-refractivity contribution in [1.82, 2.24) is 5.32 Å². The molecule has 1 aliphatic rings. The van der Waals surface area contributed by atoms with Gasteiger partial charge in [-0.05, 0) is 36.2 Å². The van der Waals surface area contributed by atoms with E-state index in [1.807, 2.05) is 49.4 Å². The molecule has 0 aromatic heterocycles. The molecule has 1 N–H and O–H groups in total. The van der Waals surface area contributed by atoms with E-state index in [4.69, 9.17) is 14.2 Å². The first-order valence-corrected chi connectivity index (χ1v) is 7.89. The van der Waals surface area contributed by atoms with Gasteiger partial charge in [-0.3, -0.25) is 4.79 Å². The van der Waals surface area contributed by atoms with Crippen molar-refractivity contribution in [2.24, 2.45) is 0 Å². The monoisotopic (exact) mass is 327 g/mol. The van der Waals surface area contributed by atoms with Gasteiger partial charge in [0.25, 0.3) is 5.91 Å². The van der Waals surface area contributed by atoms with Crippen LogP contribution >= 0.6 is 0 Å². The van der Waals surface area contributed by atoms with Crippen molar-refractivity contribution in [2.45, 2.75) is 25.5 Å². The van der Waals surface area contributed by atoms with Gasteiger partial charge in [0.2, 0.25) is 0 Å². The summed E-state index contributed by atoms with van der Waals surface area (Å²) in [6.07, 6.45) is 0.116. The van der Waals surface area contributed by atoms with Gasteiger partial charge in [-0.2, -0.15) is 0 Å². The third-order valence-electron chi connectivity index (χ3n) is 4.21. The van der Waals surface area contributed by atoms with Gasteiger partial charge in [0.15, 0.2) is 17.6 Å². The molecule has 126 valence electrons. The Morgan fingerprint density at radius 2 is 1.92 bits per heavy atom.